The Morgan fingerprint density at radius 1 is 0.528 bits per heavy atom. The number of aromatic nitrogens is 2. The Hall–Kier alpha value is -4.35. The fraction of sp³-hybridized carbons (Fsp3) is 0.0323. The summed E-state index contributed by atoms with van der Waals surface area (Å²) in [6, 6.07) is 37.5. The van der Waals surface area contributed by atoms with Crippen LogP contribution in [-0.2, 0) is 10.0 Å². The molecule has 0 saturated carbocycles. The molecule has 0 spiro atoms. The largest absolute Gasteiger partial charge is 0.309 e. The van der Waals surface area contributed by atoms with Crippen LogP contribution in [0.25, 0.3) is 49.3 Å². The van der Waals surface area contributed by atoms with Gasteiger partial charge in [0.25, 0.3) is 10.0 Å². The minimum Gasteiger partial charge on any atom is -0.309 e. The molecule has 0 aliphatic heterocycles. The molecule has 0 radical (unpaired) electrons. The summed E-state index contributed by atoms with van der Waals surface area (Å²) >= 11 is 0. The van der Waals surface area contributed by atoms with Gasteiger partial charge in [0.15, 0.2) is 0 Å². The first-order valence-electron chi connectivity index (χ1n) is 11.9. The summed E-state index contributed by atoms with van der Waals surface area (Å²) in [5.74, 6) is 0. The molecule has 0 fully saturated rings. The Labute approximate surface area is 208 Å². The van der Waals surface area contributed by atoms with Crippen LogP contribution in [-0.4, -0.2) is 17.0 Å². The summed E-state index contributed by atoms with van der Waals surface area (Å²) in [4.78, 5) is 0.276. The molecule has 2 heterocycles. The quantitative estimate of drug-likeness (QED) is 0.261. The van der Waals surface area contributed by atoms with Crippen molar-refractivity contribution in [1.82, 2.24) is 8.54 Å². The molecule has 5 heteroatoms. The molecule has 0 aliphatic rings. The van der Waals surface area contributed by atoms with E-state index in [0.29, 0.717) is 11.0 Å². The van der Waals surface area contributed by atoms with Gasteiger partial charge in [-0.2, -0.15) is 0 Å². The van der Waals surface area contributed by atoms with Crippen LogP contribution in [0.3, 0.4) is 0 Å². The summed E-state index contributed by atoms with van der Waals surface area (Å²) in [7, 11) is -3.83. The van der Waals surface area contributed by atoms with Crippen LogP contribution in [0.1, 0.15) is 5.56 Å². The minimum atomic E-state index is -3.83. The zero-order valence-corrected chi connectivity index (χ0v) is 20.4. The van der Waals surface area contributed by atoms with Crippen molar-refractivity contribution in [3.05, 3.63) is 121 Å². The van der Waals surface area contributed by atoms with E-state index in [2.05, 4.69) is 34.9 Å². The second-order valence-electron chi connectivity index (χ2n) is 9.17. The molecule has 0 unspecified atom stereocenters. The molecule has 2 aromatic heterocycles. The van der Waals surface area contributed by atoms with Crippen molar-refractivity contribution in [1.29, 1.82) is 0 Å². The second kappa shape index (κ2) is 7.57. The van der Waals surface area contributed by atoms with Gasteiger partial charge in [0.1, 0.15) is 0 Å². The van der Waals surface area contributed by atoms with Gasteiger partial charge in [-0.3, -0.25) is 0 Å². The van der Waals surface area contributed by atoms with E-state index in [1.54, 1.807) is 12.1 Å². The third-order valence-corrected chi connectivity index (χ3v) is 8.75. The van der Waals surface area contributed by atoms with Gasteiger partial charge in [0, 0.05) is 27.2 Å². The van der Waals surface area contributed by atoms with E-state index in [0.717, 1.165) is 33.1 Å². The normalized spacial score (nSPS) is 12.2. The summed E-state index contributed by atoms with van der Waals surface area (Å²) < 4.78 is 31.7. The zero-order valence-electron chi connectivity index (χ0n) is 19.6. The molecule has 4 nitrogen and oxygen atoms in total. The van der Waals surface area contributed by atoms with Gasteiger partial charge in [0.2, 0.25) is 0 Å². The SMILES string of the molecule is Cc1ccc(S(=O)(=O)n2c3ccccc3c3ccc(-n4c5ccccc5c5ccccc54)cc32)cc1. The molecule has 174 valence electrons. The summed E-state index contributed by atoms with van der Waals surface area (Å²) in [6.07, 6.45) is 0. The van der Waals surface area contributed by atoms with Crippen molar-refractivity contribution in [3.8, 4) is 5.69 Å². The summed E-state index contributed by atoms with van der Waals surface area (Å²) in [5, 5.41) is 4.16. The average molecular weight is 487 g/mol. The lowest BCUT2D eigenvalue weighted by atomic mass is 10.1. The van der Waals surface area contributed by atoms with E-state index < -0.39 is 10.0 Å². The van der Waals surface area contributed by atoms with Crippen molar-refractivity contribution >= 4 is 53.6 Å². The molecule has 0 bridgehead atoms. The van der Waals surface area contributed by atoms with Gasteiger partial charge in [0.05, 0.1) is 27.0 Å². The maximum Gasteiger partial charge on any atom is 0.268 e. The van der Waals surface area contributed by atoms with Crippen LogP contribution in [0.5, 0.6) is 0 Å². The lowest BCUT2D eigenvalue weighted by Crippen LogP contribution is -2.13. The first kappa shape index (κ1) is 21.0. The topological polar surface area (TPSA) is 44.0 Å². The molecular weight excluding hydrogens is 464 g/mol. The highest BCUT2D eigenvalue weighted by molar-refractivity contribution is 7.90. The second-order valence-corrected chi connectivity index (χ2v) is 11.0. The zero-order chi connectivity index (χ0) is 24.4. The number of rotatable bonds is 3. The fourth-order valence-corrected chi connectivity index (χ4v) is 6.86. The number of hydrogen-bond donors (Lipinski definition) is 0. The minimum absolute atomic E-state index is 0.276. The van der Waals surface area contributed by atoms with Crippen LogP contribution in [0.2, 0.25) is 0 Å². The van der Waals surface area contributed by atoms with Crippen LogP contribution in [0.15, 0.2) is 120 Å². The molecule has 7 aromatic rings. The molecule has 36 heavy (non-hydrogen) atoms. The van der Waals surface area contributed by atoms with Crippen molar-refractivity contribution < 1.29 is 8.42 Å². The predicted octanol–water partition coefficient (Wildman–Crippen LogP) is 7.44. The number of para-hydroxylation sites is 3. The van der Waals surface area contributed by atoms with Crippen LogP contribution in [0.4, 0.5) is 0 Å². The van der Waals surface area contributed by atoms with Gasteiger partial charge < -0.3 is 4.57 Å². The first-order chi connectivity index (χ1) is 17.5. The number of aryl methyl sites for hydroxylation is 1. The highest BCUT2D eigenvalue weighted by Gasteiger charge is 2.24. The Bertz CT molecular complexity index is 2010. The Balaban J connectivity index is 1.59. The van der Waals surface area contributed by atoms with E-state index in [-0.39, 0.29) is 4.90 Å². The Morgan fingerprint density at radius 2 is 1.03 bits per heavy atom. The maximum absolute atomic E-state index is 14.0. The molecular formula is C31H22N2O2S. The van der Waals surface area contributed by atoms with Crippen LogP contribution < -0.4 is 0 Å². The third kappa shape index (κ3) is 2.90. The van der Waals surface area contributed by atoms with E-state index in [4.69, 9.17) is 0 Å². The van der Waals surface area contributed by atoms with Gasteiger partial charge >= 0.3 is 0 Å². The monoisotopic (exact) mass is 486 g/mol. The Kier molecular flexibility index (Phi) is 4.41. The molecule has 5 aromatic carbocycles. The number of hydrogen-bond acceptors (Lipinski definition) is 2. The molecule has 0 saturated heterocycles. The standard InChI is InChI=1S/C31H22N2O2S/c1-21-14-17-23(18-15-21)36(34,35)33-30-13-7-4-10-26(30)27-19-16-22(20-31(27)33)32-28-11-5-2-8-24(28)25-9-3-6-12-29(25)32/h2-20H,1H3. The third-order valence-electron chi connectivity index (χ3n) is 7.01. The van der Waals surface area contributed by atoms with E-state index in [1.807, 2.05) is 79.7 Å². The molecule has 7 rings (SSSR count). The highest BCUT2D eigenvalue weighted by atomic mass is 32.2. The number of nitrogens with zero attached hydrogens (tertiary/aromatic N) is 2. The van der Waals surface area contributed by atoms with Crippen molar-refractivity contribution in [2.75, 3.05) is 0 Å². The molecule has 0 atom stereocenters. The summed E-state index contributed by atoms with van der Waals surface area (Å²) in [6.45, 7) is 1.95. The average Bonchev–Trinajstić information content (AvgIpc) is 3.42. The smallest absolute Gasteiger partial charge is 0.268 e. The van der Waals surface area contributed by atoms with Gasteiger partial charge in [-0.05, 0) is 49.4 Å². The van der Waals surface area contributed by atoms with Gasteiger partial charge in [-0.25, -0.2) is 12.4 Å². The molecule has 0 amide bonds. The van der Waals surface area contributed by atoms with E-state index in [9.17, 15) is 8.42 Å². The van der Waals surface area contributed by atoms with E-state index in [1.165, 1.54) is 14.7 Å². The van der Waals surface area contributed by atoms with E-state index >= 15 is 0 Å². The van der Waals surface area contributed by atoms with Crippen molar-refractivity contribution in [2.45, 2.75) is 11.8 Å². The lowest BCUT2D eigenvalue weighted by Gasteiger charge is -2.12. The Morgan fingerprint density at radius 3 is 1.64 bits per heavy atom. The lowest BCUT2D eigenvalue weighted by molar-refractivity contribution is 0.590. The molecule has 0 N–H and O–H groups in total. The number of benzene rings is 5. The van der Waals surface area contributed by atoms with Crippen molar-refractivity contribution in [3.63, 3.8) is 0 Å². The molecule has 0 aliphatic carbocycles. The van der Waals surface area contributed by atoms with Gasteiger partial charge in [-0.1, -0.05) is 78.4 Å². The highest BCUT2D eigenvalue weighted by Crippen LogP contribution is 2.36. The van der Waals surface area contributed by atoms with Crippen molar-refractivity contribution in [2.24, 2.45) is 0 Å². The fourth-order valence-electron chi connectivity index (χ4n) is 5.34. The first-order valence-corrected chi connectivity index (χ1v) is 13.3. The predicted molar refractivity (Wildman–Crippen MR) is 148 cm³/mol. The number of fused-ring (bicyclic) bond motifs is 6. The van der Waals surface area contributed by atoms with Gasteiger partial charge in [-0.15, -0.1) is 0 Å². The maximum atomic E-state index is 14.0. The van der Waals surface area contributed by atoms with Crippen LogP contribution >= 0.6 is 0 Å². The van der Waals surface area contributed by atoms with Crippen LogP contribution in [0, 0.1) is 6.92 Å². The summed E-state index contributed by atoms with van der Waals surface area (Å²) in [5.41, 5.74) is 5.45.